The van der Waals surface area contributed by atoms with Crippen LogP contribution in [0.2, 0.25) is 5.02 Å². The molecule has 0 atom stereocenters. The molecule has 1 amide bonds. The molecule has 0 aliphatic heterocycles. The minimum Gasteiger partial charge on any atom is -0.478 e. The Morgan fingerprint density at radius 1 is 1.27 bits per heavy atom. The van der Waals surface area contributed by atoms with Gasteiger partial charge in [-0.25, -0.2) is 4.79 Å². The first kappa shape index (κ1) is 16.0. The van der Waals surface area contributed by atoms with Gasteiger partial charge in [-0.2, -0.15) is 0 Å². The highest BCUT2D eigenvalue weighted by Crippen LogP contribution is 2.29. The Morgan fingerprint density at radius 3 is 2.59 bits per heavy atom. The molecule has 4 nitrogen and oxygen atoms in total. The molecule has 0 heterocycles. The lowest BCUT2D eigenvalue weighted by atomic mass is 9.96. The van der Waals surface area contributed by atoms with Gasteiger partial charge >= 0.3 is 5.97 Å². The van der Waals surface area contributed by atoms with Gasteiger partial charge in [0, 0.05) is 13.6 Å². The molecule has 22 heavy (non-hydrogen) atoms. The summed E-state index contributed by atoms with van der Waals surface area (Å²) in [5, 5.41) is 9.23. The van der Waals surface area contributed by atoms with E-state index in [9.17, 15) is 9.59 Å². The number of carbonyl (C=O) groups is 2. The van der Waals surface area contributed by atoms with Crippen LogP contribution in [0.1, 0.15) is 21.5 Å². The van der Waals surface area contributed by atoms with Gasteiger partial charge in [0.1, 0.15) is 0 Å². The number of carbonyl (C=O) groups excluding carboxylic acids is 1. The first-order valence-corrected chi connectivity index (χ1v) is 7.08. The van der Waals surface area contributed by atoms with E-state index in [0.717, 1.165) is 28.7 Å². The van der Waals surface area contributed by atoms with Gasteiger partial charge in [0.15, 0.2) is 0 Å². The Labute approximate surface area is 133 Å². The fourth-order valence-electron chi connectivity index (χ4n) is 2.30. The van der Waals surface area contributed by atoms with Crippen molar-refractivity contribution in [2.24, 2.45) is 0 Å². The van der Waals surface area contributed by atoms with Crippen LogP contribution in [0.3, 0.4) is 0 Å². The molecule has 0 aliphatic carbocycles. The van der Waals surface area contributed by atoms with E-state index in [2.05, 4.69) is 0 Å². The van der Waals surface area contributed by atoms with Crippen molar-refractivity contribution in [3.63, 3.8) is 0 Å². The van der Waals surface area contributed by atoms with E-state index in [0.29, 0.717) is 6.54 Å². The Morgan fingerprint density at radius 2 is 2.00 bits per heavy atom. The largest absolute Gasteiger partial charge is 0.478 e. The van der Waals surface area contributed by atoms with Crippen LogP contribution < -0.4 is 0 Å². The fourth-order valence-corrected chi connectivity index (χ4v) is 2.56. The van der Waals surface area contributed by atoms with E-state index >= 15 is 0 Å². The van der Waals surface area contributed by atoms with Crippen LogP contribution in [0.15, 0.2) is 36.4 Å². The Kier molecular flexibility index (Phi) is 4.83. The molecule has 0 aliphatic rings. The third-order valence-electron chi connectivity index (χ3n) is 3.37. The molecular formula is C17H16ClNO3. The highest BCUT2D eigenvalue weighted by Gasteiger charge is 2.12. The van der Waals surface area contributed by atoms with Crippen molar-refractivity contribution in [3.8, 4) is 11.1 Å². The van der Waals surface area contributed by atoms with E-state index < -0.39 is 5.97 Å². The first-order chi connectivity index (χ1) is 10.4. The van der Waals surface area contributed by atoms with Crippen molar-refractivity contribution >= 4 is 24.0 Å². The number of nitrogens with zero attached hydrogens (tertiary/aromatic N) is 1. The van der Waals surface area contributed by atoms with Crippen molar-refractivity contribution in [1.82, 2.24) is 4.90 Å². The third kappa shape index (κ3) is 3.46. The lowest BCUT2D eigenvalue weighted by Crippen LogP contribution is -2.15. The summed E-state index contributed by atoms with van der Waals surface area (Å²) >= 11 is 6.04. The third-order valence-corrected chi connectivity index (χ3v) is 3.68. The number of rotatable bonds is 5. The monoisotopic (exact) mass is 317 g/mol. The van der Waals surface area contributed by atoms with Crippen LogP contribution in [-0.4, -0.2) is 29.4 Å². The zero-order valence-electron chi connectivity index (χ0n) is 12.3. The van der Waals surface area contributed by atoms with Crippen LogP contribution in [0.4, 0.5) is 0 Å². The first-order valence-electron chi connectivity index (χ1n) is 6.70. The summed E-state index contributed by atoms with van der Waals surface area (Å²) in [6, 6.07) is 10.8. The van der Waals surface area contributed by atoms with E-state index in [-0.39, 0.29) is 10.6 Å². The molecule has 0 fully saturated rings. The Balaban J connectivity index is 2.50. The van der Waals surface area contributed by atoms with Gasteiger partial charge in [-0.1, -0.05) is 41.4 Å². The summed E-state index contributed by atoms with van der Waals surface area (Å²) in [6.07, 6.45) is 0.770. The molecule has 114 valence electrons. The molecule has 0 unspecified atom stereocenters. The number of benzene rings is 2. The van der Waals surface area contributed by atoms with Crippen LogP contribution >= 0.6 is 11.6 Å². The second kappa shape index (κ2) is 6.62. The summed E-state index contributed by atoms with van der Waals surface area (Å²) in [5.74, 6) is -1.05. The highest BCUT2D eigenvalue weighted by atomic mass is 35.5. The zero-order valence-corrected chi connectivity index (χ0v) is 13.1. The SMILES string of the molecule is Cc1ccc(-c2ccc(C(=O)O)c(Cl)c2)c(CN(C)C=O)c1. The van der Waals surface area contributed by atoms with Crippen LogP contribution in [0.5, 0.6) is 0 Å². The Bertz CT molecular complexity index is 728. The maximum Gasteiger partial charge on any atom is 0.337 e. The quantitative estimate of drug-likeness (QED) is 0.857. The average Bonchev–Trinajstić information content (AvgIpc) is 2.46. The van der Waals surface area contributed by atoms with Crippen LogP contribution in [0.25, 0.3) is 11.1 Å². The van der Waals surface area contributed by atoms with Crippen molar-refractivity contribution in [3.05, 3.63) is 58.1 Å². The second-order valence-corrected chi connectivity index (χ2v) is 5.59. The minimum absolute atomic E-state index is 0.0732. The van der Waals surface area contributed by atoms with Gasteiger partial charge in [-0.15, -0.1) is 0 Å². The topological polar surface area (TPSA) is 57.6 Å². The predicted molar refractivity (Wildman–Crippen MR) is 86.1 cm³/mol. The molecular weight excluding hydrogens is 302 g/mol. The van der Waals surface area contributed by atoms with Crippen LogP contribution in [-0.2, 0) is 11.3 Å². The van der Waals surface area contributed by atoms with Crippen molar-refractivity contribution < 1.29 is 14.7 Å². The van der Waals surface area contributed by atoms with Gasteiger partial charge in [-0.05, 0) is 35.7 Å². The van der Waals surface area contributed by atoms with E-state index in [1.807, 2.05) is 25.1 Å². The molecule has 0 bridgehead atoms. The molecule has 0 spiro atoms. The molecule has 2 aromatic rings. The lowest BCUT2D eigenvalue weighted by molar-refractivity contribution is -0.117. The number of aryl methyl sites for hydroxylation is 1. The van der Waals surface area contributed by atoms with Crippen molar-refractivity contribution in [2.75, 3.05) is 7.05 Å². The van der Waals surface area contributed by atoms with E-state index in [4.69, 9.17) is 16.7 Å². The number of amides is 1. The summed E-state index contributed by atoms with van der Waals surface area (Å²) < 4.78 is 0. The van der Waals surface area contributed by atoms with Gasteiger partial charge < -0.3 is 10.0 Å². The second-order valence-electron chi connectivity index (χ2n) is 5.18. The normalized spacial score (nSPS) is 10.3. The van der Waals surface area contributed by atoms with Gasteiger partial charge in [0.25, 0.3) is 0 Å². The molecule has 0 saturated heterocycles. The maximum atomic E-state index is 11.0. The number of halogens is 1. The average molecular weight is 318 g/mol. The van der Waals surface area contributed by atoms with Gasteiger partial charge in [0.05, 0.1) is 10.6 Å². The van der Waals surface area contributed by atoms with E-state index in [1.165, 1.54) is 6.07 Å². The summed E-state index contributed by atoms with van der Waals surface area (Å²) in [6.45, 7) is 2.45. The number of hydrogen-bond acceptors (Lipinski definition) is 2. The van der Waals surface area contributed by atoms with Gasteiger partial charge in [0.2, 0.25) is 6.41 Å². The highest BCUT2D eigenvalue weighted by molar-refractivity contribution is 6.33. The predicted octanol–water partition coefficient (Wildman–Crippen LogP) is 3.60. The lowest BCUT2D eigenvalue weighted by Gasteiger charge is -2.16. The molecule has 0 aromatic heterocycles. The fraction of sp³-hybridized carbons (Fsp3) is 0.176. The molecule has 5 heteroatoms. The number of hydrogen-bond donors (Lipinski definition) is 1. The van der Waals surface area contributed by atoms with E-state index in [1.54, 1.807) is 24.1 Å². The Hall–Kier alpha value is -2.33. The van der Waals surface area contributed by atoms with Gasteiger partial charge in [-0.3, -0.25) is 4.79 Å². The summed E-state index contributed by atoms with van der Waals surface area (Å²) in [4.78, 5) is 23.4. The molecule has 2 aromatic carbocycles. The summed E-state index contributed by atoms with van der Waals surface area (Å²) in [7, 11) is 1.71. The van der Waals surface area contributed by atoms with Crippen molar-refractivity contribution in [2.45, 2.75) is 13.5 Å². The molecule has 0 saturated carbocycles. The zero-order chi connectivity index (χ0) is 16.3. The number of carboxylic acid groups (broad SMARTS) is 1. The number of aromatic carboxylic acids is 1. The van der Waals surface area contributed by atoms with Crippen molar-refractivity contribution in [1.29, 1.82) is 0 Å². The smallest absolute Gasteiger partial charge is 0.337 e. The number of carboxylic acids is 1. The standard InChI is InChI=1S/C17H16ClNO3/c1-11-3-5-14(13(7-11)9-19(2)10-20)12-4-6-15(17(21)22)16(18)8-12/h3-8,10H,9H2,1-2H3,(H,21,22). The summed E-state index contributed by atoms with van der Waals surface area (Å²) in [5.41, 5.74) is 3.89. The van der Waals surface area contributed by atoms with Crippen LogP contribution in [0, 0.1) is 6.92 Å². The molecule has 2 rings (SSSR count). The minimum atomic E-state index is -1.05. The maximum absolute atomic E-state index is 11.0. The molecule has 0 radical (unpaired) electrons. The molecule has 1 N–H and O–H groups in total.